The summed E-state index contributed by atoms with van der Waals surface area (Å²) < 4.78 is 10.7. The summed E-state index contributed by atoms with van der Waals surface area (Å²) in [7, 11) is 0. The number of nitrogens with zero attached hydrogens (tertiary/aromatic N) is 1. The molecule has 130 valence electrons. The molecular weight excluding hydrogens is 306 g/mol. The second-order valence-electron chi connectivity index (χ2n) is 6.91. The van der Waals surface area contributed by atoms with Gasteiger partial charge in [0.1, 0.15) is 6.61 Å². The van der Waals surface area contributed by atoms with Gasteiger partial charge in [0.15, 0.2) is 0 Å². The molecule has 5 heteroatoms. The summed E-state index contributed by atoms with van der Waals surface area (Å²) >= 11 is 0. The van der Waals surface area contributed by atoms with Gasteiger partial charge in [0, 0.05) is 13.1 Å². The molecule has 1 saturated carbocycles. The summed E-state index contributed by atoms with van der Waals surface area (Å²) in [5.41, 5.74) is 0.601. The number of esters is 1. The number of hydrogen-bond donors (Lipinski definition) is 0. The van der Waals surface area contributed by atoms with Crippen molar-refractivity contribution < 1.29 is 19.1 Å². The Hall–Kier alpha value is -2.04. The van der Waals surface area contributed by atoms with E-state index in [1.807, 2.05) is 37.3 Å². The summed E-state index contributed by atoms with van der Waals surface area (Å²) in [5, 5.41) is 0. The molecule has 1 aliphatic heterocycles. The van der Waals surface area contributed by atoms with Crippen LogP contribution in [0.25, 0.3) is 0 Å². The standard InChI is InChI=1S/C19H25NO4/c1-3-23-17(21)19(9-10-19)16-12-20(11-14(16)2)18(22)24-13-15-7-5-4-6-8-15/h4-8,14,16H,3,9-13H2,1-2H3/t14-,16+/m1/s1. The van der Waals surface area contributed by atoms with Crippen molar-refractivity contribution in [2.24, 2.45) is 17.3 Å². The molecule has 1 amide bonds. The minimum atomic E-state index is -0.371. The number of ether oxygens (including phenoxy) is 2. The number of rotatable bonds is 5. The summed E-state index contributed by atoms with van der Waals surface area (Å²) in [6, 6.07) is 9.65. The third-order valence-electron chi connectivity index (χ3n) is 5.26. The van der Waals surface area contributed by atoms with Crippen molar-refractivity contribution in [1.29, 1.82) is 0 Å². The maximum absolute atomic E-state index is 12.3. The number of carbonyl (C=O) groups excluding carboxylic acids is 2. The topological polar surface area (TPSA) is 55.8 Å². The van der Waals surface area contributed by atoms with Gasteiger partial charge in [0.25, 0.3) is 0 Å². The lowest BCUT2D eigenvalue weighted by atomic mass is 9.82. The Balaban J connectivity index is 1.57. The van der Waals surface area contributed by atoms with E-state index in [-0.39, 0.29) is 35.9 Å². The van der Waals surface area contributed by atoms with Gasteiger partial charge in [-0.05, 0) is 37.2 Å². The normalized spacial score (nSPS) is 24.5. The Morgan fingerprint density at radius 2 is 1.88 bits per heavy atom. The highest BCUT2D eigenvalue weighted by molar-refractivity contribution is 5.80. The molecule has 5 nitrogen and oxygen atoms in total. The van der Waals surface area contributed by atoms with Crippen molar-refractivity contribution in [3.8, 4) is 0 Å². The van der Waals surface area contributed by atoms with Gasteiger partial charge in [-0.1, -0.05) is 37.3 Å². The molecule has 1 aromatic rings. The smallest absolute Gasteiger partial charge is 0.410 e. The van der Waals surface area contributed by atoms with E-state index in [0.717, 1.165) is 18.4 Å². The first-order chi connectivity index (χ1) is 11.6. The zero-order valence-corrected chi connectivity index (χ0v) is 14.4. The largest absolute Gasteiger partial charge is 0.466 e. The molecule has 0 N–H and O–H groups in total. The fourth-order valence-electron chi connectivity index (χ4n) is 3.78. The van der Waals surface area contributed by atoms with Gasteiger partial charge in [0.2, 0.25) is 0 Å². The zero-order valence-electron chi connectivity index (χ0n) is 14.4. The van der Waals surface area contributed by atoms with Crippen molar-refractivity contribution in [3.05, 3.63) is 35.9 Å². The fourth-order valence-corrected chi connectivity index (χ4v) is 3.78. The molecule has 0 aromatic heterocycles. The van der Waals surface area contributed by atoms with Crippen molar-refractivity contribution >= 4 is 12.1 Å². The van der Waals surface area contributed by atoms with E-state index in [1.54, 1.807) is 4.90 Å². The fraction of sp³-hybridized carbons (Fsp3) is 0.579. The van der Waals surface area contributed by atoms with Crippen LogP contribution >= 0.6 is 0 Å². The molecular formula is C19H25NO4. The molecule has 0 radical (unpaired) electrons. The van der Waals surface area contributed by atoms with Crippen LogP contribution in [0.5, 0.6) is 0 Å². The quantitative estimate of drug-likeness (QED) is 0.777. The number of hydrogen-bond acceptors (Lipinski definition) is 4. The van der Waals surface area contributed by atoms with Gasteiger partial charge in [-0.2, -0.15) is 0 Å². The van der Waals surface area contributed by atoms with E-state index in [9.17, 15) is 9.59 Å². The highest BCUT2D eigenvalue weighted by Gasteiger charge is 2.60. The van der Waals surface area contributed by atoms with E-state index in [1.165, 1.54) is 0 Å². The van der Waals surface area contributed by atoms with Gasteiger partial charge >= 0.3 is 12.1 Å². The third kappa shape index (κ3) is 3.25. The second kappa shape index (κ2) is 6.83. The second-order valence-corrected chi connectivity index (χ2v) is 6.91. The maximum Gasteiger partial charge on any atom is 0.410 e. The molecule has 1 aliphatic carbocycles. The predicted octanol–water partition coefficient (Wildman–Crippen LogP) is 3.23. The zero-order chi connectivity index (χ0) is 17.2. The summed E-state index contributed by atoms with van der Waals surface area (Å²) in [4.78, 5) is 26.4. The Labute approximate surface area is 142 Å². The van der Waals surface area contributed by atoms with Crippen molar-refractivity contribution in [2.45, 2.75) is 33.3 Å². The summed E-state index contributed by atoms with van der Waals surface area (Å²) in [5.74, 6) is 0.350. The van der Waals surface area contributed by atoms with E-state index in [2.05, 4.69) is 6.92 Å². The van der Waals surface area contributed by atoms with Crippen LogP contribution in [0.1, 0.15) is 32.3 Å². The third-order valence-corrected chi connectivity index (χ3v) is 5.26. The maximum atomic E-state index is 12.3. The van der Waals surface area contributed by atoms with E-state index < -0.39 is 0 Å². The lowest BCUT2D eigenvalue weighted by molar-refractivity contribution is -0.152. The van der Waals surface area contributed by atoms with Crippen molar-refractivity contribution in [2.75, 3.05) is 19.7 Å². The van der Waals surface area contributed by atoms with Crippen LogP contribution in [-0.4, -0.2) is 36.7 Å². The SMILES string of the molecule is CCOC(=O)C1([C@H]2CN(C(=O)OCc3ccccc3)C[C@H]2C)CC1. The molecule has 1 heterocycles. The Kier molecular flexibility index (Phi) is 4.78. The summed E-state index contributed by atoms with van der Waals surface area (Å²) in [6.45, 7) is 5.84. The minimum Gasteiger partial charge on any atom is -0.466 e. The van der Waals surface area contributed by atoms with Crippen molar-refractivity contribution in [3.63, 3.8) is 0 Å². The van der Waals surface area contributed by atoms with Crippen LogP contribution in [-0.2, 0) is 20.9 Å². The average molecular weight is 331 g/mol. The molecule has 2 atom stereocenters. The average Bonchev–Trinajstić information content (AvgIpc) is 3.30. The lowest BCUT2D eigenvalue weighted by Crippen LogP contribution is -2.34. The number of carbonyl (C=O) groups is 2. The van der Waals surface area contributed by atoms with Crippen LogP contribution in [0, 0.1) is 17.3 Å². The van der Waals surface area contributed by atoms with Crippen LogP contribution in [0.2, 0.25) is 0 Å². The molecule has 3 rings (SSSR count). The van der Waals surface area contributed by atoms with E-state index in [4.69, 9.17) is 9.47 Å². The molecule has 2 fully saturated rings. The first-order valence-corrected chi connectivity index (χ1v) is 8.69. The molecule has 0 unspecified atom stereocenters. The highest BCUT2D eigenvalue weighted by atomic mass is 16.6. The van der Waals surface area contributed by atoms with Gasteiger partial charge in [-0.3, -0.25) is 4.79 Å². The molecule has 0 bridgehead atoms. The minimum absolute atomic E-state index is 0.0960. The van der Waals surface area contributed by atoms with Crippen LogP contribution < -0.4 is 0 Å². The highest BCUT2D eigenvalue weighted by Crippen LogP contribution is 2.57. The molecule has 1 saturated heterocycles. The number of amides is 1. The Morgan fingerprint density at radius 3 is 2.50 bits per heavy atom. The molecule has 0 spiro atoms. The van der Waals surface area contributed by atoms with Gasteiger partial charge in [-0.15, -0.1) is 0 Å². The monoisotopic (exact) mass is 331 g/mol. The van der Waals surface area contributed by atoms with Gasteiger partial charge in [-0.25, -0.2) is 4.79 Å². The molecule has 24 heavy (non-hydrogen) atoms. The Bertz CT molecular complexity index is 597. The van der Waals surface area contributed by atoms with Crippen molar-refractivity contribution in [1.82, 2.24) is 4.90 Å². The van der Waals surface area contributed by atoms with Crippen LogP contribution in [0.15, 0.2) is 30.3 Å². The van der Waals surface area contributed by atoms with Crippen LogP contribution in [0.3, 0.4) is 0 Å². The predicted molar refractivity (Wildman–Crippen MR) is 89.2 cm³/mol. The lowest BCUT2D eigenvalue weighted by Gasteiger charge is -2.24. The van der Waals surface area contributed by atoms with Gasteiger partial charge < -0.3 is 14.4 Å². The number of likely N-dealkylation sites (tertiary alicyclic amines) is 1. The first kappa shape index (κ1) is 16.8. The molecule has 2 aliphatic rings. The first-order valence-electron chi connectivity index (χ1n) is 8.69. The Morgan fingerprint density at radius 1 is 1.17 bits per heavy atom. The number of benzene rings is 1. The van der Waals surface area contributed by atoms with E-state index in [0.29, 0.717) is 19.7 Å². The summed E-state index contributed by atoms with van der Waals surface area (Å²) in [6.07, 6.45) is 1.44. The van der Waals surface area contributed by atoms with Crippen LogP contribution in [0.4, 0.5) is 4.79 Å². The van der Waals surface area contributed by atoms with Gasteiger partial charge in [0.05, 0.1) is 12.0 Å². The van der Waals surface area contributed by atoms with E-state index >= 15 is 0 Å². The molecule has 1 aromatic carbocycles.